The Kier molecular flexibility index (Phi) is 4.74. The molecule has 2 heterocycles. The fourth-order valence-electron chi connectivity index (χ4n) is 2.59. The van der Waals surface area contributed by atoms with Crippen LogP contribution in [0.3, 0.4) is 0 Å². The highest BCUT2D eigenvalue weighted by molar-refractivity contribution is 7.88. The van der Waals surface area contributed by atoms with Gasteiger partial charge in [0.1, 0.15) is 5.52 Å². The highest BCUT2D eigenvalue weighted by atomic mass is 32.2. The van der Waals surface area contributed by atoms with Crippen molar-refractivity contribution in [1.82, 2.24) is 19.6 Å². The van der Waals surface area contributed by atoms with Crippen LogP contribution in [0.25, 0.3) is 11.0 Å². The van der Waals surface area contributed by atoms with E-state index in [9.17, 15) is 13.2 Å². The Morgan fingerprint density at radius 2 is 2.17 bits per heavy atom. The molecule has 9 heteroatoms. The van der Waals surface area contributed by atoms with E-state index < -0.39 is 10.0 Å². The van der Waals surface area contributed by atoms with Crippen molar-refractivity contribution in [3.05, 3.63) is 36.2 Å². The molecule has 1 aromatic heterocycles. The van der Waals surface area contributed by atoms with Gasteiger partial charge in [-0.3, -0.25) is 14.8 Å². The summed E-state index contributed by atoms with van der Waals surface area (Å²) < 4.78 is 30.1. The lowest BCUT2D eigenvalue weighted by molar-refractivity contribution is 0.000446. The Morgan fingerprint density at radius 1 is 1.38 bits per heavy atom. The van der Waals surface area contributed by atoms with E-state index in [2.05, 4.69) is 15.3 Å². The Morgan fingerprint density at radius 3 is 2.96 bits per heavy atom. The Bertz CT molecular complexity index is 850. The molecule has 2 aromatic rings. The second kappa shape index (κ2) is 6.80. The van der Waals surface area contributed by atoms with Crippen LogP contribution in [-0.2, 0) is 14.8 Å². The smallest absolute Gasteiger partial charge is 0.253 e. The lowest BCUT2D eigenvalue weighted by atomic mass is 10.1. The van der Waals surface area contributed by atoms with Crippen molar-refractivity contribution in [2.75, 3.05) is 32.5 Å². The van der Waals surface area contributed by atoms with Crippen LogP contribution >= 0.6 is 0 Å². The number of nitrogens with zero attached hydrogens (tertiary/aromatic N) is 3. The highest BCUT2D eigenvalue weighted by Crippen LogP contribution is 2.14. The molecule has 0 spiro atoms. The molecule has 1 aliphatic rings. The minimum atomic E-state index is -3.26. The van der Waals surface area contributed by atoms with Gasteiger partial charge in [0.05, 0.1) is 30.0 Å². The first-order valence-electron chi connectivity index (χ1n) is 7.50. The minimum Gasteiger partial charge on any atom is -0.374 e. The predicted octanol–water partition coefficient (Wildman–Crippen LogP) is 0.0200. The van der Waals surface area contributed by atoms with Gasteiger partial charge in [-0.05, 0) is 12.1 Å². The normalized spacial score (nSPS) is 19.3. The van der Waals surface area contributed by atoms with E-state index in [-0.39, 0.29) is 25.1 Å². The van der Waals surface area contributed by atoms with Crippen LogP contribution in [0.15, 0.2) is 30.6 Å². The van der Waals surface area contributed by atoms with E-state index in [0.717, 1.165) is 0 Å². The van der Waals surface area contributed by atoms with E-state index in [4.69, 9.17) is 4.74 Å². The first-order chi connectivity index (χ1) is 11.4. The van der Waals surface area contributed by atoms with Crippen LogP contribution in [-0.4, -0.2) is 67.2 Å². The summed E-state index contributed by atoms with van der Waals surface area (Å²) in [5.74, 6) is -0.291. The van der Waals surface area contributed by atoms with Crippen molar-refractivity contribution in [2.45, 2.75) is 6.10 Å². The van der Waals surface area contributed by atoms with Crippen molar-refractivity contribution in [3.63, 3.8) is 0 Å². The molecule has 1 aromatic carbocycles. The number of fused-ring (bicyclic) bond motifs is 1. The molecule has 1 atom stereocenters. The maximum absolute atomic E-state index is 12.4. The predicted molar refractivity (Wildman–Crippen MR) is 88.0 cm³/mol. The summed E-state index contributed by atoms with van der Waals surface area (Å²) in [6.07, 6.45) is 3.90. The minimum absolute atomic E-state index is 0.224. The van der Waals surface area contributed by atoms with Crippen LogP contribution < -0.4 is 5.32 Å². The molecule has 128 valence electrons. The summed E-state index contributed by atoms with van der Waals surface area (Å²) in [5, 5.41) is 2.78. The molecule has 1 aliphatic heterocycles. The third kappa shape index (κ3) is 3.69. The molecule has 1 amide bonds. The summed E-state index contributed by atoms with van der Waals surface area (Å²) in [4.78, 5) is 20.8. The van der Waals surface area contributed by atoms with Gasteiger partial charge in [-0.25, -0.2) is 8.42 Å². The fraction of sp³-hybridized carbons (Fsp3) is 0.400. The third-order valence-corrected chi connectivity index (χ3v) is 5.07. The van der Waals surface area contributed by atoms with Gasteiger partial charge in [0.25, 0.3) is 5.91 Å². The molecule has 8 nitrogen and oxygen atoms in total. The number of hydrogen-bond donors (Lipinski definition) is 1. The van der Waals surface area contributed by atoms with Crippen molar-refractivity contribution in [3.8, 4) is 0 Å². The number of morpholine rings is 1. The van der Waals surface area contributed by atoms with E-state index in [0.29, 0.717) is 29.7 Å². The van der Waals surface area contributed by atoms with Crippen molar-refractivity contribution >= 4 is 27.0 Å². The Balaban J connectivity index is 1.67. The number of amides is 1. The third-order valence-electron chi connectivity index (χ3n) is 3.80. The highest BCUT2D eigenvalue weighted by Gasteiger charge is 2.26. The zero-order valence-electron chi connectivity index (χ0n) is 13.2. The molecular formula is C15H18N4O4S. The van der Waals surface area contributed by atoms with Gasteiger partial charge in [0.15, 0.2) is 0 Å². The average Bonchev–Trinajstić information content (AvgIpc) is 2.58. The van der Waals surface area contributed by atoms with Gasteiger partial charge in [-0.2, -0.15) is 4.31 Å². The van der Waals surface area contributed by atoms with Crippen LogP contribution in [0, 0.1) is 0 Å². The fourth-order valence-corrected chi connectivity index (χ4v) is 3.44. The number of nitrogens with one attached hydrogen (secondary N) is 1. The summed E-state index contributed by atoms with van der Waals surface area (Å²) >= 11 is 0. The number of ether oxygens (including phenoxy) is 1. The Labute approximate surface area is 139 Å². The molecule has 1 saturated heterocycles. The number of carbonyl (C=O) groups excluding carboxylic acids is 1. The molecule has 0 saturated carbocycles. The number of rotatable bonds is 4. The van der Waals surface area contributed by atoms with Gasteiger partial charge < -0.3 is 10.1 Å². The molecular weight excluding hydrogens is 332 g/mol. The molecule has 0 bridgehead atoms. The zero-order valence-corrected chi connectivity index (χ0v) is 14.0. The molecule has 0 radical (unpaired) electrons. The van der Waals surface area contributed by atoms with E-state index in [1.807, 2.05) is 0 Å². The van der Waals surface area contributed by atoms with Crippen LogP contribution in [0.2, 0.25) is 0 Å². The quantitative estimate of drug-likeness (QED) is 0.834. The second-order valence-electron chi connectivity index (χ2n) is 5.55. The number of hydrogen-bond acceptors (Lipinski definition) is 6. The summed E-state index contributed by atoms with van der Waals surface area (Å²) in [7, 11) is -3.26. The van der Waals surface area contributed by atoms with Gasteiger partial charge in [0, 0.05) is 32.0 Å². The van der Waals surface area contributed by atoms with Gasteiger partial charge in [0.2, 0.25) is 10.0 Å². The monoisotopic (exact) mass is 350 g/mol. The Hall–Kier alpha value is -2.10. The summed E-state index contributed by atoms with van der Waals surface area (Å²) in [5.41, 5.74) is 1.60. The zero-order chi connectivity index (χ0) is 17.2. The van der Waals surface area contributed by atoms with E-state index in [1.165, 1.54) is 16.8 Å². The van der Waals surface area contributed by atoms with Crippen LogP contribution in [0.1, 0.15) is 10.4 Å². The standard InChI is InChI=1S/C15H18N4O4S/c1-24(21,22)19-7-8-23-11(10-19)9-18-15(20)12-3-2-4-13-14(12)17-6-5-16-13/h2-6,11H,7-10H2,1H3,(H,18,20). The summed E-state index contributed by atoms with van der Waals surface area (Å²) in [6.45, 7) is 1.10. The van der Waals surface area contributed by atoms with E-state index in [1.54, 1.807) is 24.4 Å². The molecule has 1 N–H and O–H groups in total. The summed E-state index contributed by atoms with van der Waals surface area (Å²) in [6, 6.07) is 5.21. The first kappa shape index (κ1) is 16.7. The van der Waals surface area contributed by atoms with Crippen LogP contribution in [0.5, 0.6) is 0 Å². The first-order valence-corrected chi connectivity index (χ1v) is 9.34. The number of aromatic nitrogens is 2. The molecule has 3 rings (SSSR count). The molecule has 0 aliphatic carbocycles. The number of benzene rings is 1. The molecule has 24 heavy (non-hydrogen) atoms. The maximum Gasteiger partial charge on any atom is 0.253 e. The maximum atomic E-state index is 12.4. The largest absolute Gasteiger partial charge is 0.374 e. The van der Waals surface area contributed by atoms with Crippen molar-refractivity contribution in [1.29, 1.82) is 0 Å². The topological polar surface area (TPSA) is 101 Å². The second-order valence-corrected chi connectivity index (χ2v) is 7.54. The van der Waals surface area contributed by atoms with Crippen molar-refractivity contribution < 1.29 is 17.9 Å². The number of sulfonamides is 1. The van der Waals surface area contributed by atoms with Crippen molar-refractivity contribution in [2.24, 2.45) is 0 Å². The number of para-hydroxylation sites is 1. The average molecular weight is 350 g/mol. The molecule has 1 fully saturated rings. The van der Waals surface area contributed by atoms with Gasteiger partial charge >= 0.3 is 0 Å². The van der Waals surface area contributed by atoms with E-state index >= 15 is 0 Å². The molecule has 1 unspecified atom stereocenters. The van der Waals surface area contributed by atoms with Gasteiger partial charge in [-0.1, -0.05) is 6.07 Å². The lowest BCUT2D eigenvalue weighted by Gasteiger charge is -2.31. The van der Waals surface area contributed by atoms with Gasteiger partial charge in [-0.15, -0.1) is 0 Å². The number of carbonyl (C=O) groups is 1. The van der Waals surface area contributed by atoms with Crippen LogP contribution in [0.4, 0.5) is 0 Å². The lowest BCUT2D eigenvalue weighted by Crippen LogP contribution is -2.49. The SMILES string of the molecule is CS(=O)(=O)N1CCOC(CNC(=O)c2cccc3nccnc23)C1.